The highest BCUT2D eigenvalue weighted by molar-refractivity contribution is 14.1. The van der Waals surface area contributed by atoms with Crippen LogP contribution in [0.4, 0.5) is 4.39 Å². The number of nitrogens with zero attached hydrogens (tertiary/aromatic N) is 2. The number of aromatic nitrogens is 2. The lowest BCUT2D eigenvalue weighted by atomic mass is 10.1. The first-order valence-electron chi connectivity index (χ1n) is 4.42. The van der Waals surface area contributed by atoms with Gasteiger partial charge in [0.1, 0.15) is 6.67 Å². The predicted molar refractivity (Wildman–Crippen MR) is 65.0 cm³/mol. The molecule has 0 saturated heterocycles. The van der Waals surface area contributed by atoms with E-state index in [0.29, 0.717) is 11.4 Å². The van der Waals surface area contributed by atoms with Crippen molar-refractivity contribution >= 4 is 22.6 Å². The molecule has 0 spiro atoms. The molecule has 1 aromatic heterocycles. The van der Waals surface area contributed by atoms with Crippen molar-refractivity contribution in [2.75, 3.05) is 0 Å². The van der Waals surface area contributed by atoms with Crippen molar-refractivity contribution in [3.8, 4) is 11.4 Å². The Morgan fingerprint density at radius 1 is 1.20 bits per heavy atom. The molecule has 0 aliphatic heterocycles. The van der Waals surface area contributed by atoms with Crippen LogP contribution in [0.5, 0.6) is 0 Å². The van der Waals surface area contributed by atoms with Crippen LogP contribution in [0.25, 0.3) is 11.4 Å². The fraction of sp³-hybridized carbons (Fsp3) is 0.0909. The Morgan fingerprint density at radius 3 is 2.60 bits per heavy atom. The normalized spacial score (nSPS) is 10.3. The van der Waals surface area contributed by atoms with Gasteiger partial charge < -0.3 is 0 Å². The van der Waals surface area contributed by atoms with E-state index in [0.717, 1.165) is 9.13 Å². The van der Waals surface area contributed by atoms with Gasteiger partial charge in [-0.1, -0.05) is 18.2 Å². The fourth-order valence-electron chi connectivity index (χ4n) is 1.25. The molecule has 0 N–H and O–H groups in total. The second-order valence-electron chi connectivity index (χ2n) is 3.06. The molecule has 0 fully saturated rings. The van der Waals surface area contributed by atoms with Crippen molar-refractivity contribution in [2.45, 2.75) is 6.67 Å². The van der Waals surface area contributed by atoms with Gasteiger partial charge in [-0.15, -0.1) is 0 Å². The Balaban J connectivity index is 2.40. The van der Waals surface area contributed by atoms with E-state index in [9.17, 15) is 4.39 Å². The van der Waals surface area contributed by atoms with Gasteiger partial charge in [0, 0.05) is 21.5 Å². The lowest BCUT2D eigenvalue weighted by Gasteiger charge is -2.01. The molecular formula is C11H8FIN2. The molecule has 0 unspecified atom stereocenters. The van der Waals surface area contributed by atoms with Crippen molar-refractivity contribution in [3.05, 3.63) is 45.8 Å². The highest BCUT2D eigenvalue weighted by Crippen LogP contribution is 2.16. The van der Waals surface area contributed by atoms with Crippen molar-refractivity contribution in [1.29, 1.82) is 0 Å². The van der Waals surface area contributed by atoms with E-state index in [4.69, 9.17) is 0 Å². The molecule has 2 nitrogen and oxygen atoms in total. The molecule has 0 saturated carbocycles. The summed E-state index contributed by atoms with van der Waals surface area (Å²) in [5.41, 5.74) is 1.50. The molecule has 0 atom stereocenters. The zero-order chi connectivity index (χ0) is 10.7. The van der Waals surface area contributed by atoms with Crippen LogP contribution in [-0.2, 0) is 6.67 Å². The van der Waals surface area contributed by atoms with Crippen molar-refractivity contribution < 1.29 is 4.39 Å². The summed E-state index contributed by atoms with van der Waals surface area (Å²) in [5, 5.41) is 0. The first-order chi connectivity index (χ1) is 7.29. The number of rotatable bonds is 2. The average molecular weight is 314 g/mol. The standard InChI is InChI=1S/C11H8FIN2/c12-5-8-2-1-3-9(4-8)11-14-6-10(13)7-15-11/h1-4,6-7H,5H2. The minimum atomic E-state index is -0.460. The summed E-state index contributed by atoms with van der Waals surface area (Å²) in [6.45, 7) is -0.460. The molecule has 1 heterocycles. The van der Waals surface area contributed by atoms with Crippen LogP contribution in [0, 0.1) is 3.57 Å². The summed E-state index contributed by atoms with van der Waals surface area (Å²) in [4.78, 5) is 8.37. The van der Waals surface area contributed by atoms with Gasteiger partial charge in [-0.2, -0.15) is 0 Å². The molecule has 2 rings (SSSR count). The largest absolute Gasteiger partial charge is 0.246 e. The Hall–Kier alpha value is -1.04. The number of benzene rings is 1. The van der Waals surface area contributed by atoms with E-state index < -0.39 is 6.67 Å². The molecule has 1 aromatic carbocycles. The van der Waals surface area contributed by atoms with E-state index in [1.165, 1.54) is 0 Å². The van der Waals surface area contributed by atoms with Gasteiger partial charge in [-0.25, -0.2) is 14.4 Å². The van der Waals surface area contributed by atoms with Gasteiger partial charge in [0.25, 0.3) is 0 Å². The van der Waals surface area contributed by atoms with Gasteiger partial charge in [0.15, 0.2) is 5.82 Å². The quantitative estimate of drug-likeness (QED) is 0.796. The zero-order valence-electron chi connectivity index (χ0n) is 7.82. The smallest absolute Gasteiger partial charge is 0.159 e. The van der Waals surface area contributed by atoms with E-state index in [-0.39, 0.29) is 0 Å². The fourth-order valence-corrected chi connectivity index (χ4v) is 1.53. The van der Waals surface area contributed by atoms with Crippen molar-refractivity contribution in [3.63, 3.8) is 0 Å². The van der Waals surface area contributed by atoms with Gasteiger partial charge in [0.2, 0.25) is 0 Å². The van der Waals surface area contributed by atoms with Gasteiger partial charge in [-0.3, -0.25) is 0 Å². The minimum Gasteiger partial charge on any atom is -0.246 e. The Labute approximate surface area is 101 Å². The molecular weight excluding hydrogens is 306 g/mol. The molecule has 2 aromatic rings. The molecule has 76 valence electrons. The summed E-state index contributed by atoms with van der Waals surface area (Å²) in [6, 6.07) is 7.20. The summed E-state index contributed by atoms with van der Waals surface area (Å²) in [7, 11) is 0. The minimum absolute atomic E-state index is 0.460. The third-order valence-electron chi connectivity index (χ3n) is 1.96. The van der Waals surface area contributed by atoms with Crippen LogP contribution in [-0.4, -0.2) is 9.97 Å². The van der Waals surface area contributed by atoms with Crippen LogP contribution in [0.3, 0.4) is 0 Å². The number of hydrogen-bond acceptors (Lipinski definition) is 2. The molecule has 4 heteroatoms. The number of alkyl halides is 1. The highest BCUT2D eigenvalue weighted by Gasteiger charge is 2.01. The summed E-state index contributed by atoms with van der Waals surface area (Å²) in [6.07, 6.45) is 3.48. The summed E-state index contributed by atoms with van der Waals surface area (Å²) in [5.74, 6) is 0.630. The maximum Gasteiger partial charge on any atom is 0.159 e. The highest BCUT2D eigenvalue weighted by atomic mass is 127. The maximum atomic E-state index is 12.4. The Kier molecular flexibility index (Phi) is 3.25. The predicted octanol–water partition coefficient (Wildman–Crippen LogP) is 3.22. The van der Waals surface area contributed by atoms with E-state index in [1.807, 2.05) is 12.1 Å². The lowest BCUT2D eigenvalue weighted by molar-refractivity contribution is 0.485. The number of halogens is 2. The zero-order valence-corrected chi connectivity index (χ0v) is 9.98. The molecule has 0 bridgehead atoms. The number of hydrogen-bond donors (Lipinski definition) is 0. The van der Waals surface area contributed by atoms with Crippen LogP contribution in [0.15, 0.2) is 36.7 Å². The van der Waals surface area contributed by atoms with Crippen LogP contribution in [0.1, 0.15) is 5.56 Å². The second kappa shape index (κ2) is 4.65. The lowest BCUT2D eigenvalue weighted by Crippen LogP contribution is -1.90. The monoisotopic (exact) mass is 314 g/mol. The second-order valence-corrected chi connectivity index (χ2v) is 4.30. The molecule has 15 heavy (non-hydrogen) atoms. The van der Waals surface area contributed by atoms with Crippen LogP contribution < -0.4 is 0 Å². The van der Waals surface area contributed by atoms with Crippen LogP contribution >= 0.6 is 22.6 Å². The average Bonchev–Trinajstić information content (AvgIpc) is 2.30. The first-order valence-corrected chi connectivity index (χ1v) is 5.50. The molecule has 0 radical (unpaired) electrons. The van der Waals surface area contributed by atoms with E-state index in [2.05, 4.69) is 32.6 Å². The maximum absolute atomic E-state index is 12.4. The van der Waals surface area contributed by atoms with Crippen molar-refractivity contribution in [2.24, 2.45) is 0 Å². The van der Waals surface area contributed by atoms with Gasteiger partial charge in [-0.05, 0) is 34.2 Å². The van der Waals surface area contributed by atoms with E-state index in [1.54, 1.807) is 24.5 Å². The third kappa shape index (κ3) is 2.50. The van der Waals surface area contributed by atoms with Crippen molar-refractivity contribution in [1.82, 2.24) is 9.97 Å². The summed E-state index contributed by atoms with van der Waals surface area (Å²) >= 11 is 2.14. The molecule has 0 aliphatic carbocycles. The topological polar surface area (TPSA) is 25.8 Å². The Bertz CT molecular complexity index is 456. The SMILES string of the molecule is FCc1cccc(-c2ncc(I)cn2)c1. The molecule has 0 aliphatic rings. The summed E-state index contributed by atoms with van der Waals surface area (Å²) < 4.78 is 13.4. The Morgan fingerprint density at radius 2 is 1.93 bits per heavy atom. The van der Waals surface area contributed by atoms with E-state index >= 15 is 0 Å². The van der Waals surface area contributed by atoms with Gasteiger partial charge >= 0.3 is 0 Å². The van der Waals surface area contributed by atoms with Crippen LogP contribution in [0.2, 0.25) is 0 Å². The first kappa shape index (κ1) is 10.5. The van der Waals surface area contributed by atoms with Gasteiger partial charge in [0.05, 0.1) is 0 Å². The molecule has 0 amide bonds. The third-order valence-corrected chi connectivity index (χ3v) is 2.52.